The molecule has 0 fully saturated rings. The summed E-state index contributed by atoms with van der Waals surface area (Å²) in [6.07, 6.45) is 0. The van der Waals surface area contributed by atoms with E-state index in [0.29, 0.717) is 10.8 Å². The lowest BCUT2D eigenvalue weighted by Gasteiger charge is -2.01. The minimum atomic E-state index is -1.69. The minimum absolute atomic E-state index is 0.275. The molecular formula is C6H2F4S2. The summed E-state index contributed by atoms with van der Waals surface area (Å²) in [6, 6.07) is 0.275. The van der Waals surface area contributed by atoms with Gasteiger partial charge in [0, 0.05) is 6.07 Å². The third-order valence-corrected chi connectivity index (χ3v) is 2.27. The average Bonchev–Trinajstić information content (AvgIpc) is 2.01. The van der Waals surface area contributed by atoms with Crippen LogP contribution in [0.15, 0.2) is 11.0 Å². The van der Waals surface area contributed by atoms with Gasteiger partial charge in [0.1, 0.15) is 5.82 Å². The van der Waals surface area contributed by atoms with Gasteiger partial charge in [-0.1, -0.05) is 10.8 Å². The lowest BCUT2D eigenvalue weighted by Crippen LogP contribution is -1.95. The van der Waals surface area contributed by atoms with Crippen molar-refractivity contribution < 1.29 is 17.6 Å². The minimum Gasteiger partial charge on any atom is -0.206 e. The zero-order valence-corrected chi connectivity index (χ0v) is 7.16. The molecule has 0 saturated heterocycles. The summed E-state index contributed by atoms with van der Waals surface area (Å²) in [5.41, 5.74) is 0. The normalized spacial score (nSPS) is 10.4. The molecule has 0 atom stereocenters. The maximum Gasteiger partial charge on any atom is 0.195 e. The molecule has 0 aliphatic carbocycles. The molecule has 0 aliphatic heterocycles. The van der Waals surface area contributed by atoms with Gasteiger partial charge >= 0.3 is 0 Å². The van der Waals surface area contributed by atoms with E-state index >= 15 is 0 Å². The van der Waals surface area contributed by atoms with Gasteiger partial charge in [0.05, 0.1) is 4.90 Å². The third-order valence-electron chi connectivity index (χ3n) is 1.16. The Kier molecular flexibility index (Phi) is 2.89. The summed E-state index contributed by atoms with van der Waals surface area (Å²) in [5.74, 6) is -5.94. The molecule has 0 amide bonds. The van der Waals surface area contributed by atoms with E-state index in [1.54, 1.807) is 0 Å². The monoisotopic (exact) mass is 214 g/mol. The highest BCUT2D eigenvalue weighted by atomic mass is 33.1. The van der Waals surface area contributed by atoms with Gasteiger partial charge in [0.15, 0.2) is 17.5 Å². The van der Waals surface area contributed by atoms with Crippen molar-refractivity contribution in [1.82, 2.24) is 0 Å². The Balaban J connectivity index is 3.40. The number of hydrogen-bond donors (Lipinski definition) is 1. The largest absolute Gasteiger partial charge is 0.206 e. The zero-order chi connectivity index (χ0) is 9.30. The molecule has 0 aliphatic rings. The standard InChI is InChI=1S/C6H2F4S2/c7-2-1-3(8)6(12-11)5(10)4(2)9/h1,11H. The van der Waals surface area contributed by atoms with E-state index in [1.807, 2.05) is 0 Å². The van der Waals surface area contributed by atoms with Gasteiger partial charge < -0.3 is 0 Å². The van der Waals surface area contributed by atoms with Gasteiger partial charge in [0.25, 0.3) is 0 Å². The van der Waals surface area contributed by atoms with Crippen LogP contribution in [0.4, 0.5) is 17.6 Å². The van der Waals surface area contributed by atoms with Crippen LogP contribution in [0, 0.1) is 23.3 Å². The Hall–Kier alpha value is -0.360. The molecule has 12 heavy (non-hydrogen) atoms. The lowest BCUT2D eigenvalue weighted by atomic mass is 10.3. The number of rotatable bonds is 1. The van der Waals surface area contributed by atoms with Crippen LogP contribution in [0.5, 0.6) is 0 Å². The predicted molar refractivity (Wildman–Crippen MR) is 41.1 cm³/mol. The Morgan fingerprint density at radius 1 is 1.00 bits per heavy atom. The molecule has 1 aromatic carbocycles. The highest BCUT2D eigenvalue weighted by molar-refractivity contribution is 8.68. The second kappa shape index (κ2) is 3.57. The van der Waals surface area contributed by atoms with E-state index in [4.69, 9.17) is 0 Å². The molecule has 0 bridgehead atoms. The van der Waals surface area contributed by atoms with Crippen molar-refractivity contribution in [2.75, 3.05) is 0 Å². The van der Waals surface area contributed by atoms with Crippen LogP contribution in [0.25, 0.3) is 0 Å². The average molecular weight is 214 g/mol. The quantitative estimate of drug-likeness (QED) is 0.246. The zero-order valence-electron chi connectivity index (χ0n) is 5.44. The van der Waals surface area contributed by atoms with Gasteiger partial charge in [-0.05, 0) is 0 Å². The van der Waals surface area contributed by atoms with Crippen molar-refractivity contribution >= 4 is 22.5 Å². The number of thiol groups is 1. The first-order chi connectivity index (χ1) is 5.57. The van der Waals surface area contributed by atoms with Crippen molar-refractivity contribution in [1.29, 1.82) is 0 Å². The molecule has 0 aromatic heterocycles. The van der Waals surface area contributed by atoms with Crippen LogP contribution in [0.3, 0.4) is 0 Å². The van der Waals surface area contributed by atoms with Crippen LogP contribution < -0.4 is 0 Å². The maximum atomic E-state index is 12.6. The van der Waals surface area contributed by atoms with Crippen LogP contribution in [0.1, 0.15) is 0 Å². The Morgan fingerprint density at radius 2 is 1.58 bits per heavy atom. The molecule has 0 unspecified atom stereocenters. The Bertz CT molecular complexity index is 313. The van der Waals surface area contributed by atoms with Crippen molar-refractivity contribution in [3.8, 4) is 0 Å². The van der Waals surface area contributed by atoms with Crippen molar-refractivity contribution in [3.05, 3.63) is 29.3 Å². The fourth-order valence-electron chi connectivity index (χ4n) is 0.633. The lowest BCUT2D eigenvalue weighted by molar-refractivity contribution is 0.416. The van der Waals surface area contributed by atoms with Gasteiger partial charge in [-0.25, -0.2) is 17.6 Å². The van der Waals surface area contributed by atoms with Gasteiger partial charge in [-0.3, -0.25) is 0 Å². The van der Waals surface area contributed by atoms with Crippen LogP contribution in [0.2, 0.25) is 0 Å². The highest BCUT2D eigenvalue weighted by Crippen LogP contribution is 2.30. The molecule has 6 heteroatoms. The van der Waals surface area contributed by atoms with E-state index in [2.05, 4.69) is 11.7 Å². The van der Waals surface area contributed by atoms with Crippen LogP contribution >= 0.6 is 22.5 Å². The molecule has 0 nitrogen and oxygen atoms in total. The summed E-state index contributed by atoms with van der Waals surface area (Å²) < 4.78 is 49.8. The van der Waals surface area contributed by atoms with Crippen molar-refractivity contribution in [2.24, 2.45) is 0 Å². The van der Waals surface area contributed by atoms with Crippen molar-refractivity contribution in [3.63, 3.8) is 0 Å². The molecule has 0 N–H and O–H groups in total. The van der Waals surface area contributed by atoms with E-state index in [0.717, 1.165) is 0 Å². The Morgan fingerprint density at radius 3 is 2.08 bits per heavy atom. The second-order valence-corrected chi connectivity index (χ2v) is 3.03. The van der Waals surface area contributed by atoms with Crippen LogP contribution in [-0.4, -0.2) is 0 Å². The fraction of sp³-hybridized carbons (Fsp3) is 0. The number of benzene rings is 1. The third kappa shape index (κ3) is 1.54. The first-order valence-electron chi connectivity index (χ1n) is 2.72. The van der Waals surface area contributed by atoms with Gasteiger partial charge in [-0.2, -0.15) is 0 Å². The topological polar surface area (TPSA) is 0 Å². The molecule has 0 saturated carbocycles. The second-order valence-electron chi connectivity index (χ2n) is 1.89. The van der Waals surface area contributed by atoms with Crippen molar-refractivity contribution in [2.45, 2.75) is 4.90 Å². The smallest absolute Gasteiger partial charge is 0.195 e. The Labute approximate surface area is 74.8 Å². The molecule has 0 spiro atoms. The van der Waals surface area contributed by atoms with Crippen LogP contribution in [-0.2, 0) is 0 Å². The number of hydrogen-bond acceptors (Lipinski definition) is 2. The molecule has 1 aromatic rings. The summed E-state index contributed by atoms with van der Waals surface area (Å²) in [4.78, 5) is -0.641. The number of halogens is 4. The first kappa shape index (κ1) is 9.73. The predicted octanol–water partition coefficient (Wildman–Crippen LogP) is 3.18. The van der Waals surface area contributed by atoms with Gasteiger partial charge in [0.2, 0.25) is 0 Å². The fourth-order valence-corrected chi connectivity index (χ4v) is 1.45. The van der Waals surface area contributed by atoms with E-state index in [1.165, 1.54) is 0 Å². The van der Waals surface area contributed by atoms with E-state index < -0.39 is 28.2 Å². The van der Waals surface area contributed by atoms with E-state index in [-0.39, 0.29) is 6.07 Å². The summed E-state index contributed by atoms with van der Waals surface area (Å²) in [5, 5.41) is 0. The molecule has 66 valence electrons. The SMILES string of the molecule is Fc1cc(F)c(SS)c(F)c1F. The molecular weight excluding hydrogens is 212 g/mol. The van der Waals surface area contributed by atoms with E-state index in [9.17, 15) is 17.6 Å². The summed E-state index contributed by atoms with van der Waals surface area (Å²) in [7, 11) is 0.383. The van der Waals surface area contributed by atoms with Gasteiger partial charge in [-0.15, -0.1) is 11.7 Å². The summed E-state index contributed by atoms with van der Waals surface area (Å²) in [6.45, 7) is 0. The highest BCUT2D eigenvalue weighted by Gasteiger charge is 2.18. The molecule has 0 radical (unpaired) electrons. The molecule has 1 rings (SSSR count). The summed E-state index contributed by atoms with van der Waals surface area (Å²) >= 11 is 3.48. The molecule has 0 heterocycles. The maximum absolute atomic E-state index is 12.6. The first-order valence-corrected chi connectivity index (χ1v) is 4.59.